The Balaban J connectivity index is 1.81. The quantitative estimate of drug-likeness (QED) is 0.885. The predicted octanol–water partition coefficient (Wildman–Crippen LogP) is 4.03. The van der Waals surface area contributed by atoms with Crippen LogP contribution in [0.3, 0.4) is 0 Å². The molecule has 1 aromatic heterocycles. The van der Waals surface area contributed by atoms with E-state index >= 15 is 0 Å². The Labute approximate surface area is 127 Å². The van der Waals surface area contributed by atoms with Gasteiger partial charge >= 0.3 is 0 Å². The second-order valence-electron chi connectivity index (χ2n) is 6.93. The maximum absolute atomic E-state index is 3.86. The van der Waals surface area contributed by atoms with Crippen molar-refractivity contribution in [1.82, 2.24) is 10.2 Å². The van der Waals surface area contributed by atoms with Crippen LogP contribution in [0.25, 0.3) is 0 Å². The molecular weight excluding hydrogens is 264 g/mol. The molecule has 3 heteroatoms. The lowest BCUT2D eigenvalue weighted by Crippen LogP contribution is -2.62. The van der Waals surface area contributed by atoms with E-state index in [0.29, 0.717) is 17.6 Å². The highest BCUT2D eigenvalue weighted by Gasteiger charge is 2.41. The lowest BCUT2D eigenvalue weighted by atomic mass is 9.90. The summed E-state index contributed by atoms with van der Waals surface area (Å²) in [5.74, 6) is 0. The lowest BCUT2D eigenvalue weighted by Gasteiger charge is -2.48. The molecule has 1 N–H and O–H groups in total. The standard InChI is InChI=1S/C17H28N2S/c1-12-10-18-17(7-5-6-8-17)11-19(12)14(3)16-9-13(2)20-15(16)4/h9,12,14,18H,5-8,10-11H2,1-4H3. The van der Waals surface area contributed by atoms with Crippen molar-refractivity contribution in [3.8, 4) is 0 Å². The fourth-order valence-corrected chi connectivity index (χ4v) is 5.21. The molecule has 3 rings (SSSR count). The van der Waals surface area contributed by atoms with Crippen LogP contribution in [0.4, 0.5) is 0 Å². The zero-order valence-electron chi connectivity index (χ0n) is 13.3. The Morgan fingerprint density at radius 3 is 2.65 bits per heavy atom. The zero-order valence-corrected chi connectivity index (χ0v) is 14.1. The molecule has 112 valence electrons. The summed E-state index contributed by atoms with van der Waals surface area (Å²) in [5.41, 5.74) is 1.97. The first-order valence-electron chi connectivity index (χ1n) is 8.08. The summed E-state index contributed by atoms with van der Waals surface area (Å²) in [4.78, 5) is 5.69. The number of nitrogens with zero attached hydrogens (tertiary/aromatic N) is 1. The molecule has 1 spiro atoms. The van der Waals surface area contributed by atoms with E-state index in [-0.39, 0.29) is 0 Å². The van der Waals surface area contributed by atoms with E-state index in [0.717, 1.165) is 6.54 Å². The molecule has 0 bridgehead atoms. The van der Waals surface area contributed by atoms with Gasteiger partial charge < -0.3 is 5.32 Å². The summed E-state index contributed by atoms with van der Waals surface area (Å²) < 4.78 is 0. The number of thiophene rings is 1. The fraction of sp³-hybridized carbons (Fsp3) is 0.765. The normalized spacial score (nSPS) is 28.1. The lowest BCUT2D eigenvalue weighted by molar-refractivity contribution is 0.0563. The van der Waals surface area contributed by atoms with Gasteiger partial charge in [0.15, 0.2) is 0 Å². The van der Waals surface area contributed by atoms with Gasteiger partial charge in [-0.15, -0.1) is 11.3 Å². The summed E-state index contributed by atoms with van der Waals surface area (Å²) in [5, 5.41) is 3.86. The molecule has 0 radical (unpaired) electrons. The van der Waals surface area contributed by atoms with Crippen LogP contribution in [0, 0.1) is 13.8 Å². The average molecular weight is 292 g/mol. The van der Waals surface area contributed by atoms with Crippen molar-refractivity contribution in [2.75, 3.05) is 13.1 Å². The second kappa shape index (κ2) is 5.43. The largest absolute Gasteiger partial charge is 0.308 e. The van der Waals surface area contributed by atoms with E-state index in [1.807, 2.05) is 11.3 Å². The molecular formula is C17H28N2S. The van der Waals surface area contributed by atoms with Crippen LogP contribution in [0.2, 0.25) is 0 Å². The Morgan fingerprint density at radius 2 is 2.05 bits per heavy atom. The van der Waals surface area contributed by atoms with Crippen molar-refractivity contribution >= 4 is 11.3 Å². The van der Waals surface area contributed by atoms with Crippen molar-refractivity contribution in [3.63, 3.8) is 0 Å². The van der Waals surface area contributed by atoms with E-state index in [1.165, 1.54) is 42.0 Å². The van der Waals surface area contributed by atoms with Crippen LogP contribution in [-0.2, 0) is 0 Å². The summed E-state index contributed by atoms with van der Waals surface area (Å²) >= 11 is 1.94. The van der Waals surface area contributed by atoms with E-state index in [4.69, 9.17) is 0 Å². The molecule has 2 nitrogen and oxygen atoms in total. The monoisotopic (exact) mass is 292 g/mol. The van der Waals surface area contributed by atoms with Gasteiger partial charge in [-0.3, -0.25) is 4.90 Å². The molecule has 2 aliphatic rings. The number of piperazine rings is 1. The van der Waals surface area contributed by atoms with Gasteiger partial charge in [0.05, 0.1) is 0 Å². The summed E-state index contributed by atoms with van der Waals surface area (Å²) in [6.45, 7) is 11.7. The first kappa shape index (κ1) is 14.6. The van der Waals surface area contributed by atoms with Crippen molar-refractivity contribution in [2.24, 2.45) is 0 Å². The van der Waals surface area contributed by atoms with Crippen LogP contribution in [0.15, 0.2) is 6.07 Å². The van der Waals surface area contributed by atoms with Crippen LogP contribution in [-0.4, -0.2) is 29.6 Å². The van der Waals surface area contributed by atoms with Gasteiger partial charge in [0.1, 0.15) is 0 Å². The van der Waals surface area contributed by atoms with Crippen LogP contribution in [0.1, 0.15) is 60.9 Å². The summed E-state index contributed by atoms with van der Waals surface area (Å²) in [7, 11) is 0. The van der Waals surface area contributed by atoms with Crippen LogP contribution in [0.5, 0.6) is 0 Å². The minimum absolute atomic E-state index is 0.416. The summed E-state index contributed by atoms with van der Waals surface area (Å²) in [6, 6.07) is 3.59. The molecule has 1 aliphatic carbocycles. The number of rotatable bonds is 2. The Bertz CT molecular complexity index is 473. The molecule has 2 unspecified atom stereocenters. The fourth-order valence-electron chi connectivity index (χ4n) is 4.19. The van der Waals surface area contributed by atoms with E-state index in [9.17, 15) is 0 Å². The average Bonchev–Trinajstić information content (AvgIpc) is 2.99. The van der Waals surface area contributed by atoms with Crippen molar-refractivity contribution < 1.29 is 0 Å². The number of aryl methyl sites for hydroxylation is 2. The van der Waals surface area contributed by atoms with Crippen molar-refractivity contribution in [3.05, 3.63) is 21.4 Å². The van der Waals surface area contributed by atoms with Gasteiger partial charge in [0, 0.05) is 40.5 Å². The van der Waals surface area contributed by atoms with Crippen LogP contribution >= 0.6 is 11.3 Å². The number of hydrogen-bond donors (Lipinski definition) is 1. The molecule has 1 aromatic rings. The van der Waals surface area contributed by atoms with Crippen LogP contribution < -0.4 is 5.32 Å². The molecule has 0 aromatic carbocycles. The number of hydrogen-bond acceptors (Lipinski definition) is 3. The highest BCUT2D eigenvalue weighted by Crippen LogP contribution is 2.38. The Morgan fingerprint density at radius 1 is 1.35 bits per heavy atom. The third kappa shape index (κ3) is 2.56. The highest BCUT2D eigenvalue weighted by atomic mass is 32.1. The van der Waals surface area contributed by atoms with Gasteiger partial charge in [-0.05, 0) is 52.2 Å². The molecule has 2 heterocycles. The maximum atomic E-state index is 3.86. The van der Waals surface area contributed by atoms with Crippen molar-refractivity contribution in [1.29, 1.82) is 0 Å². The SMILES string of the molecule is Cc1cc(C(C)N2CC3(CCCC3)NCC2C)c(C)s1. The van der Waals surface area contributed by atoms with E-state index in [2.05, 4.69) is 44.0 Å². The molecule has 20 heavy (non-hydrogen) atoms. The van der Waals surface area contributed by atoms with Gasteiger partial charge in [0.25, 0.3) is 0 Å². The summed E-state index contributed by atoms with van der Waals surface area (Å²) in [6.07, 6.45) is 5.54. The smallest absolute Gasteiger partial charge is 0.0335 e. The van der Waals surface area contributed by atoms with Gasteiger partial charge in [-0.1, -0.05) is 12.8 Å². The predicted molar refractivity (Wildman–Crippen MR) is 87.6 cm³/mol. The van der Waals surface area contributed by atoms with Gasteiger partial charge in [0.2, 0.25) is 0 Å². The van der Waals surface area contributed by atoms with Gasteiger partial charge in [-0.25, -0.2) is 0 Å². The number of nitrogens with one attached hydrogen (secondary N) is 1. The molecule has 2 atom stereocenters. The molecule has 0 amide bonds. The Hall–Kier alpha value is -0.380. The van der Waals surface area contributed by atoms with Gasteiger partial charge in [-0.2, -0.15) is 0 Å². The van der Waals surface area contributed by atoms with E-state index < -0.39 is 0 Å². The topological polar surface area (TPSA) is 15.3 Å². The highest BCUT2D eigenvalue weighted by molar-refractivity contribution is 7.12. The third-order valence-electron chi connectivity index (χ3n) is 5.41. The molecule has 2 fully saturated rings. The third-order valence-corrected chi connectivity index (χ3v) is 6.39. The second-order valence-corrected chi connectivity index (χ2v) is 8.39. The first-order valence-corrected chi connectivity index (χ1v) is 8.90. The first-order chi connectivity index (χ1) is 9.51. The molecule has 1 saturated carbocycles. The van der Waals surface area contributed by atoms with E-state index in [1.54, 1.807) is 5.56 Å². The van der Waals surface area contributed by atoms with Crippen molar-refractivity contribution in [2.45, 2.75) is 71.0 Å². The molecule has 1 aliphatic heterocycles. The molecule has 1 saturated heterocycles. The minimum atomic E-state index is 0.416. The zero-order chi connectivity index (χ0) is 14.3. The minimum Gasteiger partial charge on any atom is -0.308 e. The Kier molecular flexibility index (Phi) is 3.95. The maximum Gasteiger partial charge on any atom is 0.0335 e.